The Labute approximate surface area is 183 Å². The minimum absolute atomic E-state index is 0.318. The third-order valence-electron chi connectivity index (χ3n) is 6.89. The molecule has 0 nitrogen and oxygen atoms in total. The maximum absolute atomic E-state index is 8.03. The maximum atomic E-state index is 8.03. The Balaban J connectivity index is 2.66. The van der Waals surface area contributed by atoms with E-state index >= 15 is 0 Å². The van der Waals surface area contributed by atoms with Gasteiger partial charge in [-0.05, 0) is 0 Å². The topological polar surface area (TPSA) is 0 Å². The molecule has 0 heterocycles. The monoisotopic (exact) mass is 607 g/mol. The summed E-state index contributed by atoms with van der Waals surface area (Å²) >= 11 is -4.36. The molecule has 2 aliphatic carbocycles. The summed E-state index contributed by atoms with van der Waals surface area (Å²) in [5.74, 6) is -0.290. The summed E-state index contributed by atoms with van der Waals surface area (Å²) in [4.78, 5) is 0. The Morgan fingerprint density at radius 3 is 1.43 bits per heavy atom. The fourth-order valence-corrected chi connectivity index (χ4v) is 45.7. The zero-order valence-electron chi connectivity index (χ0n) is 19.3. The van der Waals surface area contributed by atoms with Crippen molar-refractivity contribution < 1.29 is 15.3 Å². The first-order valence-corrected chi connectivity index (χ1v) is 33.5. The standard InChI is InChI=1S/2C11H17.C2H7Si.2ClH.Hf/c2*1-4-5-10-6-7-11(8-10)9(2)3;1-3-2;;;/h2*6-9H,4-5H2,1-3H3;3H,1-2H3;2*1H;/q;;;;;+2/p-2. The molecule has 0 saturated carbocycles. The van der Waals surface area contributed by atoms with Gasteiger partial charge in [-0.2, -0.15) is 0 Å². The van der Waals surface area contributed by atoms with E-state index < -0.39 is 21.3 Å². The molecule has 0 amide bonds. The Kier molecular flexibility index (Phi) is 8.36. The second-order valence-electron chi connectivity index (χ2n) is 9.92. The number of allylic oxidation sites excluding steroid dienone is 8. The van der Waals surface area contributed by atoms with Crippen LogP contribution in [0.25, 0.3) is 0 Å². The second kappa shape index (κ2) is 9.41. The van der Waals surface area contributed by atoms with Crippen molar-refractivity contribution >= 4 is 23.1 Å². The molecular weight excluding hydrogens is 566 g/mol. The molecule has 2 rings (SSSR count). The van der Waals surface area contributed by atoms with Gasteiger partial charge in [0, 0.05) is 0 Å². The van der Waals surface area contributed by atoms with E-state index in [1.165, 1.54) is 35.1 Å². The summed E-state index contributed by atoms with van der Waals surface area (Å²) in [6.07, 6.45) is 14.6. The van der Waals surface area contributed by atoms with E-state index in [0.717, 1.165) is 12.8 Å². The predicted molar refractivity (Wildman–Crippen MR) is 130 cm³/mol. The molecule has 0 aromatic carbocycles. The SMILES string of the molecule is CCCC1=C[CH]([Hf]([Cl])([Cl])([CH]2C=C(CCC)C=C2C(C)C)[SiH](C)C)C(C(C)C)=C1. The molecule has 2 unspecified atom stereocenters. The van der Waals surface area contributed by atoms with Gasteiger partial charge in [0.15, 0.2) is 0 Å². The van der Waals surface area contributed by atoms with E-state index in [-0.39, 0.29) is 0 Å². The number of hydrogen-bond donors (Lipinski definition) is 0. The Bertz CT molecular complexity index is 656. The molecule has 4 heteroatoms. The van der Waals surface area contributed by atoms with E-state index in [1.54, 1.807) is 0 Å². The fraction of sp³-hybridized carbons (Fsp3) is 0.667. The van der Waals surface area contributed by atoms with Crippen molar-refractivity contribution in [2.75, 3.05) is 0 Å². The van der Waals surface area contributed by atoms with E-state index in [0.29, 0.717) is 19.2 Å². The average molecular weight is 607 g/mol. The molecule has 2 aliphatic rings. The molecule has 159 valence electrons. The van der Waals surface area contributed by atoms with Crippen LogP contribution in [0.3, 0.4) is 0 Å². The van der Waals surface area contributed by atoms with Gasteiger partial charge in [0.05, 0.1) is 0 Å². The van der Waals surface area contributed by atoms with Crippen LogP contribution in [0.15, 0.2) is 46.6 Å². The van der Waals surface area contributed by atoms with Crippen LogP contribution in [-0.2, 0) is 15.3 Å². The Hall–Kier alpha value is 0.627. The first kappa shape index (κ1) is 24.9. The van der Waals surface area contributed by atoms with E-state index in [4.69, 9.17) is 17.2 Å². The van der Waals surface area contributed by atoms with Crippen LogP contribution in [0.5, 0.6) is 0 Å². The Morgan fingerprint density at radius 1 is 0.821 bits per heavy atom. The van der Waals surface area contributed by atoms with Crippen LogP contribution in [0.2, 0.25) is 20.4 Å². The van der Waals surface area contributed by atoms with Gasteiger partial charge in [0.25, 0.3) is 0 Å². The second-order valence-corrected chi connectivity index (χ2v) is 69.5. The van der Waals surface area contributed by atoms with Crippen molar-refractivity contribution in [1.82, 2.24) is 0 Å². The van der Waals surface area contributed by atoms with Gasteiger partial charge in [-0.1, -0.05) is 0 Å². The summed E-state index contributed by atoms with van der Waals surface area (Å²) in [7, 11) is 16.1. The van der Waals surface area contributed by atoms with Gasteiger partial charge in [0.1, 0.15) is 0 Å². The van der Waals surface area contributed by atoms with Crippen molar-refractivity contribution in [3.8, 4) is 0 Å². The van der Waals surface area contributed by atoms with Crippen LogP contribution in [-0.4, -0.2) is 5.98 Å². The zero-order valence-corrected chi connectivity index (χ0v) is 25.5. The summed E-state index contributed by atoms with van der Waals surface area (Å²) in [6.45, 7) is 18.7. The van der Waals surface area contributed by atoms with Gasteiger partial charge < -0.3 is 0 Å². The van der Waals surface area contributed by atoms with Crippen molar-refractivity contribution in [2.24, 2.45) is 11.8 Å². The molecule has 0 N–H and O–H groups in total. The van der Waals surface area contributed by atoms with Crippen molar-refractivity contribution in [3.05, 3.63) is 46.6 Å². The van der Waals surface area contributed by atoms with E-state index in [9.17, 15) is 0 Å². The van der Waals surface area contributed by atoms with E-state index in [1.807, 2.05) is 0 Å². The molecule has 0 aromatic heterocycles. The third-order valence-corrected chi connectivity index (χ3v) is 80.0. The van der Waals surface area contributed by atoms with Crippen molar-refractivity contribution in [3.63, 3.8) is 0 Å². The van der Waals surface area contributed by atoms with Gasteiger partial charge in [-0.15, -0.1) is 0 Å². The summed E-state index contributed by atoms with van der Waals surface area (Å²) in [5, 5.41) is 0. The van der Waals surface area contributed by atoms with Gasteiger partial charge in [-0.25, -0.2) is 0 Å². The van der Waals surface area contributed by atoms with Crippen LogP contribution in [0.1, 0.15) is 67.2 Å². The molecule has 0 fully saturated rings. The number of hydrogen-bond acceptors (Lipinski definition) is 0. The molecule has 0 radical (unpaired) electrons. The first-order chi connectivity index (χ1) is 13.0. The third kappa shape index (κ3) is 4.46. The van der Waals surface area contributed by atoms with Crippen molar-refractivity contribution in [2.45, 2.75) is 87.7 Å². The minimum atomic E-state index is -4.36. The number of halogens is 2. The van der Waals surface area contributed by atoms with Crippen molar-refractivity contribution in [1.29, 1.82) is 0 Å². The van der Waals surface area contributed by atoms with Gasteiger partial charge >= 0.3 is 185 Å². The van der Waals surface area contributed by atoms with E-state index in [2.05, 4.69) is 78.9 Å². The molecule has 0 saturated heterocycles. The molecule has 28 heavy (non-hydrogen) atoms. The van der Waals surface area contributed by atoms with Crippen LogP contribution in [0, 0.1) is 11.8 Å². The first-order valence-electron chi connectivity index (χ1n) is 11.4. The molecule has 0 aromatic rings. The fourth-order valence-electron chi connectivity index (χ4n) is 5.13. The zero-order chi connectivity index (χ0) is 21.3. The molecule has 0 aliphatic heterocycles. The molecular formula is C24H41Cl2HfSi. The quantitative estimate of drug-likeness (QED) is 0.230. The predicted octanol–water partition coefficient (Wildman–Crippen LogP) is 9.19. The van der Waals surface area contributed by atoms with Crippen LogP contribution >= 0.6 is 17.2 Å². The molecule has 2 atom stereocenters. The summed E-state index contributed by atoms with van der Waals surface area (Å²) in [6, 6.07) is 0. The normalized spacial score (nSPS) is 24.4. The average Bonchev–Trinajstić information content (AvgIpc) is 3.21. The van der Waals surface area contributed by atoms with Crippen LogP contribution < -0.4 is 0 Å². The van der Waals surface area contributed by atoms with Gasteiger partial charge in [0.2, 0.25) is 0 Å². The van der Waals surface area contributed by atoms with Crippen LogP contribution in [0.4, 0.5) is 0 Å². The molecule has 0 spiro atoms. The Morgan fingerprint density at radius 2 is 1.18 bits per heavy atom. The number of rotatable bonds is 9. The summed E-state index contributed by atoms with van der Waals surface area (Å²) in [5.41, 5.74) is 5.98. The van der Waals surface area contributed by atoms with Gasteiger partial charge in [-0.3, -0.25) is 0 Å². The summed E-state index contributed by atoms with van der Waals surface area (Å²) < 4.78 is 0.635. The molecule has 0 bridgehead atoms.